The van der Waals surface area contributed by atoms with Gasteiger partial charge in [-0.2, -0.15) is 0 Å². The molecule has 0 N–H and O–H groups in total. The van der Waals surface area contributed by atoms with Crippen molar-refractivity contribution in [2.45, 2.75) is 20.3 Å². The van der Waals surface area contributed by atoms with Crippen LogP contribution in [-0.4, -0.2) is 13.1 Å². The van der Waals surface area contributed by atoms with Gasteiger partial charge in [0.2, 0.25) is 0 Å². The van der Waals surface area contributed by atoms with Crippen molar-refractivity contribution in [1.82, 2.24) is 0 Å². The van der Waals surface area contributed by atoms with Crippen molar-refractivity contribution in [2.75, 3.05) is 7.11 Å². The number of hydrogen-bond donors (Lipinski definition) is 0. The summed E-state index contributed by atoms with van der Waals surface area (Å²) in [4.78, 5) is 10.9. The lowest BCUT2D eigenvalue weighted by molar-refractivity contribution is -0.141. The van der Waals surface area contributed by atoms with Crippen LogP contribution in [0.2, 0.25) is 0 Å². The van der Waals surface area contributed by atoms with Crippen molar-refractivity contribution in [3.05, 3.63) is 11.6 Å². The number of rotatable bonds is 4. The third kappa shape index (κ3) is 4.39. The Morgan fingerprint density at radius 2 is 2.17 bits per heavy atom. The number of carbonyl (C=O) groups excluding carboxylic acids is 1. The van der Waals surface area contributed by atoms with Gasteiger partial charge in [0, 0.05) is 5.54 Å². The van der Waals surface area contributed by atoms with E-state index >= 15 is 0 Å². The minimum Gasteiger partial charge on any atom is -0.469 e. The fourth-order valence-corrected chi connectivity index (χ4v) is 1.08. The molecule has 0 bridgehead atoms. The summed E-state index contributed by atoms with van der Waals surface area (Å²) in [6, 6.07) is 0. The van der Waals surface area contributed by atoms with Crippen LogP contribution < -0.4 is 0 Å². The topological polar surface area (TPSA) is 26.3 Å². The Labute approximate surface area is 78.5 Å². The first-order valence-corrected chi connectivity index (χ1v) is 4.39. The van der Waals surface area contributed by atoms with Crippen LogP contribution in [0.4, 0.5) is 0 Å². The Kier molecular flexibility index (Phi) is 5.81. The van der Waals surface area contributed by atoms with Crippen molar-refractivity contribution < 1.29 is 9.53 Å². The van der Waals surface area contributed by atoms with Gasteiger partial charge in [0.05, 0.1) is 13.5 Å². The fraction of sp³-hybridized carbons (Fsp3) is 0.667. The molecule has 2 nitrogen and oxygen atoms in total. The molecular formula is C9H15ClO2. The second-order valence-electron chi connectivity index (χ2n) is 3.01. The van der Waals surface area contributed by atoms with E-state index in [-0.39, 0.29) is 11.9 Å². The Balaban J connectivity index is 4.04. The minimum absolute atomic E-state index is 0.176. The van der Waals surface area contributed by atoms with Crippen molar-refractivity contribution in [3.8, 4) is 0 Å². The lowest BCUT2D eigenvalue weighted by atomic mass is 9.93. The number of halogens is 1. The summed E-state index contributed by atoms with van der Waals surface area (Å²) in [5.74, 6) is 0.387. The van der Waals surface area contributed by atoms with Gasteiger partial charge < -0.3 is 4.74 Å². The van der Waals surface area contributed by atoms with E-state index in [0.717, 1.165) is 0 Å². The second kappa shape index (κ2) is 6.06. The monoisotopic (exact) mass is 190 g/mol. The van der Waals surface area contributed by atoms with Gasteiger partial charge in [-0.15, -0.1) is 0 Å². The smallest absolute Gasteiger partial charge is 0.306 e. The first-order valence-electron chi connectivity index (χ1n) is 3.95. The van der Waals surface area contributed by atoms with Gasteiger partial charge in [0.15, 0.2) is 0 Å². The van der Waals surface area contributed by atoms with Gasteiger partial charge in [-0.25, -0.2) is 0 Å². The summed E-state index contributed by atoms with van der Waals surface area (Å²) < 4.78 is 4.56. The zero-order valence-electron chi connectivity index (χ0n) is 7.71. The van der Waals surface area contributed by atoms with Crippen LogP contribution in [0.3, 0.4) is 0 Å². The van der Waals surface area contributed by atoms with Crippen LogP contribution in [0, 0.1) is 11.8 Å². The molecule has 70 valence electrons. The molecule has 3 heteroatoms. The molecular weight excluding hydrogens is 176 g/mol. The van der Waals surface area contributed by atoms with Crippen LogP contribution in [0.1, 0.15) is 20.3 Å². The Morgan fingerprint density at radius 3 is 2.50 bits per heavy atom. The molecule has 0 spiro atoms. The molecule has 0 rings (SSSR count). The normalized spacial score (nSPS) is 13.8. The van der Waals surface area contributed by atoms with Crippen molar-refractivity contribution in [3.63, 3.8) is 0 Å². The molecule has 0 aromatic heterocycles. The maximum absolute atomic E-state index is 10.9. The number of carbonyl (C=O) groups is 1. The second-order valence-corrected chi connectivity index (χ2v) is 3.26. The zero-order chi connectivity index (χ0) is 9.56. The highest BCUT2D eigenvalue weighted by Gasteiger charge is 2.14. The first kappa shape index (κ1) is 11.5. The highest BCUT2D eigenvalue weighted by molar-refractivity contribution is 6.25. The standard InChI is InChI=1S/C9H15ClO2/c1-7(2)8(4-5-10)6-9(11)12-3/h4-5,7-8H,6H2,1-3H3. The summed E-state index contributed by atoms with van der Waals surface area (Å²) in [6.07, 6.45) is 2.22. The lowest BCUT2D eigenvalue weighted by Gasteiger charge is -2.14. The summed E-state index contributed by atoms with van der Waals surface area (Å²) in [5.41, 5.74) is 1.45. The molecule has 0 heterocycles. The van der Waals surface area contributed by atoms with E-state index in [0.29, 0.717) is 12.3 Å². The van der Waals surface area contributed by atoms with E-state index < -0.39 is 0 Å². The van der Waals surface area contributed by atoms with E-state index in [1.807, 2.05) is 19.9 Å². The van der Waals surface area contributed by atoms with Crippen molar-refractivity contribution >= 4 is 17.6 Å². The molecule has 0 aliphatic carbocycles. The number of allylic oxidation sites excluding steroid dienone is 1. The molecule has 0 aliphatic rings. The summed E-state index contributed by atoms with van der Waals surface area (Å²) in [5, 5.41) is 0. The number of ether oxygens (including phenoxy) is 1. The molecule has 0 radical (unpaired) electrons. The van der Waals surface area contributed by atoms with E-state index in [1.54, 1.807) is 0 Å². The van der Waals surface area contributed by atoms with E-state index in [4.69, 9.17) is 11.6 Å². The SMILES string of the molecule is COC(=O)CC(C=CCl)C(C)C. The van der Waals surface area contributed by atoms with Crippen LogP contribution in [-0.2, 0) is 9.53 Å². The summed E-state index contributed by atoms with van der Waals surface area (Å²) >= 11 is 5.43. The first-order chi connectivity index (χ1) is 5.61. The van der Waals surface area contributed by atoms with E-state index in [2.05, 4.69) is 4.74 Å². The molecule has 1 atom stereocenters. The highest BCUT2D eigenvalue weighted by atomic mass is 35.5. The van der Waals surface area contributed by atoms with Gasteiger partial charge in [-0.05, 0) is 11.8 Å². The van der Waals surface area contributed by atoms with Gasteiger partial charge in [-0.3, -0.25) is 4.79 Å². The van der Waals surface area contributed by atoms with Crippen LogP contribution in [0.15, 0.2) is 11.6 Å². The van der Waals surface area contributed by atoms with Gasteiger partial charge >= 0.3 is 5.97 Å². The van der Waals surface area contributed by atoms with Crippen LogP contribution >= 0.6 is 11.6 Å². The quantitative estimate of drug-likeness (QED) is 0.637. The van der Waals surface area contributed by atoms with Crippen LogP contribution in [0.5, 0.6) is 0 Å². The Hall–Kier alpha value is -0.500. The molecule has 0 saturated heterocycles. The Bertz CT molecular complexity index is 164. The molecule has 0 aliphatic heterocycles. The van der Waals surface area contributed by atoms with Gasteiger partial charge in [0.25, 0.3) is 0 Å². The lowest BCUT2D eigenvalue weighted by Crippen LogP contribution is -2.12. The molecule has 0 aromatic rings. The number of hydrogen-bond acceptors (Lipinski definition) is 2. The molecule has 12 heavy (non-hydrogen) atoms. The van der Waals surface area contributed by atoms with Crippen LogP contribution in [0.25, 0.3) is 0 Å². The zero-order valence-corrected chi connectivity index (χ0v) is 8.47. The molecule has 0 amide bonds. The molecule has 0 saturated carbocycles. The number of esters is 1. The summed E-state index contributed by atoms with van der Waals surface area (Å²) in [7, 11) is 1.39. The maximum Gasteiger partial charge on any atom is 0.306 e. The maximum atomic E-state index is 10.9. The van der Waals surface area contributed by atoms with E-state index in [9.17, 15) is 4.79 Å². The van der Waals surface area contributed by atoms with Crippen molar-refractivity contribution in [1.29, 1.82) is 0 Å². The molecule has 1 unspecified atom stereocenters. The van der Waals surface area contributed by atoms with Gasteiger partial charge in [0.1, 0.15) is 0 Å². The average Bonchev–Trinajstić information content (AvgIpc) is 2.03. The largest absolute Gasteiger partial charge is 0.469 e. The minimum atomic E-state index is -0.191. The predicted molar refractivity (Wildman–Crippen MR) is 50.0 cm³/mol. The summed E-state index contributed by atoms with van der Waals surface area (Å²) in [6.45, 7) is 4.09. The van der Waals surface area contributed by atoms with E-state index in [1.165, 1.54) is 12.6 Å². The molecule has 0 fully saturated rings. The average molecular weight is 191 g/mol. The Morgan fingerprint density at radius 1 is 1.58 bits per heavy atom. The third-order valence-corrected chi connectivity index (χ3v) is 1.95. The third-order valence-electron chi connectivity index (χ3n) is 1.81. The highest BCUT2D eigenvalue weighted by Crippen LogP contribution is 2.17. The number of methoxy groups -OCH3 is 1. The molecule has 0 aromatic carbocycles. The fourth-order valence-electron chi connectivity index (χ4n) is 0.895. The predicted octanol–water partition coefficient (Wildman–Crippen LogP) is 2.57. The van der Waals surface area contributed by atoms with Gasteiger partial charge in [-0.1, -0.05) is 31.5 Å². The van der Waals surface area contributed by atoms with Crippen molar-refractivity contribution in [2.24, 2.45) is 11.8 Å².